The van der Waals surface area contributed by atoms with Crippen LogP contribution in [0.3, 0.4) is 0 Å². The Hall–Kier alpha value is -1.51. The van der Waals surface area contributed by atoms with E-state index in [1.807, 2.05) is 21.1 Å². The first-order chi connectivity index (χ1) is 20.0. The van der Waals surface area contributed by atoms with Crippen molar-refractivity contribution in [2.75, 3.05) is 47.5 Å². The molecule has 0 rings (SSSR count). The molecule has 0 aliphatic heterocycles. The van der Waals surface area contributed by atoms with E-state index >= 15 is 0 Å². The van der Waals surface area contributed by atoms with E-state index in [1.54, 1.807) is 6.92 Å². The highest BCUT2D eigenvalue weighted by Gasteiger charge is 2.21. The van der Waals surface area contributed by atoms with E-state index in [4.69, 9.17) is 18.5 Å². The molecule has 2 unspecified atom stereocenters. The molecule has 0 bridgehead atoms. The zero-order chi connectivity index (χ0) is 31.5. The third-order valence-corrected chi connectivity index (χ3v) is 7.49. The van der Waals surface area contributed by atoms with Crippen LogP contribution in [0.15, 0.2) is 24.3 Å². The molecule has 0 N–H and O–H groups in total. The number of unbranched alkanes of at least 4 members (excludes halogenated alkanes) is 11. The fourth-order valence-corrected chi connectivity index (χ4v) is 4.63. The van der Waals surface area contributed by atoms with Crippen molar-refractivity contribution in [1.29, 1.82) is 0 Å². The Morgan fingerprint density at radius 1 is 0.762 bits per heavy atom. The summed E-state index contributed by atoms with van der Waals surface area (Å²) in [5.74, 6) is -0.946. The number of ether oxygens (including phenoxy) is 2. The molecule has 0 fully saturated rings. The second-order valence-electron chi connectivity index (χ2n) is 11.8. The van der Waals surface area contributed by atoms with Gasteiger partial charge in [-0.2, -0.15) is 0 Å². The number of esters is 2. The molecule has 0 saturated carbocycles. The van der Waals surface area contributed by atoms with Crippen molar-refractivity contribution in [2.45, 2.75) is 123 Å². The summed E-state index contributed by atoms with van der Waals surface area (Å²) in [5, 5.41) is 0. The van der Waals surface area contributed by atoms with Gasteiger partial charge in [0, 0.05) is 12.8 Å². The molecule has 0 aromatic carbocycles. The highest BCUT2D eigenvalue weighted by atomic mass is 31.2. The van der Waals surface area contributed by atoms with Crippen molar-refractivity contribution < 1.29 is 42.1 Å². The predicted octanol–water partition coefficient (Wildman–Crippen LogP) is 7.04. The lowest BCUT2D eigenvalue weighted by molar-refractivity contribution is -0.870. The largest absolute Gasteiger partial charge is 0.756 e. The summed E-state index contributed by atoms with van der Waals surface area (Å²) < 4.78 is 32.8. The maximum Gasteiger partial charge on any atom is 0.306 e. The van der Waals surface area contributed by atoms with E-state index in [0.717, 1.165) is 32.1 Å². The molecular formula is C32H60NO8P. The van der Waals surface area contributed by atoms with E-state index < -0.39 is 32.5 Å². The number of allylic oxidation sites excluding steroid dienone is 4. The number of hydrogen-bond donors (Lipinski definition) is 0. The topological polar surface area (TPSA) is 111 Å². The number of quaternary nitrogens is 1. The number of hydrogen-bond acceptors (Lipinski definition) is 8. The molecular weight excluding hydrogens is 557 g/mol. The summed E-state index contributed by atoms with van der Waals surface area (Å²) in [6.45, 7) is 3.56. The maximum atomic E-state index is 12.3. The molecule has 0 aromatic rings. The van der Waals surface area contributed by atoms with Gasteiger partial charge in [0.05, 0.1) is 27.7 Å². The summed E-state index contributed by atoms with van der Waals surface area (Å²) in [4.78, 5) is 36.0. The Labute approximate surface area is 256 Å². The van der Waals surface area contributed by atoms with Crippen molar-refractivity contribution in [1.82, 2.24) is 0 Å². The van der Waals surface area contributed by atoms with Gasteiger partial charge in [0.15, 0.2) is 6.10 Å². The van der Waals surface area contributed by atoms with E-state index in [1.165, 1.54) is 51.4 Å². The van der Waals surface area contributed by atoms with Crippen LogP contribution < -0.4 is 4.89 Å². The SMILES string of the molecule is CCCCCC/C=C\C/C=C\CCCCCCCCCC(=O)OC(COC(=O)CC)COP(=O)([O-])OCC[N+](C)(C)C. The summed E-state index contributed by atoms with van der Waals surface area (Å²) in [6, 6.07) is 0. The summed E-state index contributed by atoms with van der Waals surface area (Å²) in [5.41, 5.74) is 0. The molecule has 0 saturated heterocycles. The zero-order valence-corrected chi connectivity index (χ0v) is 28.1. The number of phosphoric ester groups is 1. The number of carbonyl (C=O) groups is 2. The Morgan fingerprint density at radius 3 is 1.90 bits per heavy atom. The van der Waals surface area contributed by atoms with Gasteiger partial charge in [-0.25, -0.2) is 0 Å². The molecule has 0 heterocycles. The van der Waals surface area contributed by atoms with E-state index in [-0.39, 0.29) is 26.1 Å². The third-order valence-electron chi connectivity index (χ3n) is 6.53. The Kier molecular flexibility index (Phi) is 25.0. The molecule has 9 nitrogen and oxygen atoms in total. The minimum atomic E-state index is -4.59. The fraction of sp³-hybridized carbons (Fsp3) is 0.812. The van der Waals surface area contributed by atoms with Gasteiger partial charge in [-0.15, -0.1) is 0 Å². The molecule has 0 spiro atoms. The summed E-state index contributed by atoms with van der Waals surface area (Å²) in [6.07, 6.45) is 24.4. The molecule has 246 valence electrons. The van der Waals surface area contributed by atoms with Gasteiger partial charge in [0.25, 0.3) is 7.82 Å². The Bertz CT molecular complexity index is 794. The minimum absolute atomic E-state index is 0.0340. The fourth-order valence-electron chi connectivity index (χ4n) is 3.90. The number of carbonyl (C=O) groups excluding carboxylic acids is 2. The normalized spacial score (nSPS) is 14.3. The lowest BCUT2D eigenvalue weighted by Gasteiger charge is -2.28. The van der Waals surface area contributed by atoms with Crippen LogP contribution in [-0.2, 0) is 32.7 Å². The van der Waals surface area contributed by atoms with Gasteiger partial charge in [0.2, 0.25) is 0 Å². The van der Waals surface area contributed by atoms with E-state index in [9.17, 15) is 19.0 Å². The van der Waals surface area contributed by atoms with E-state index in [2.05, 4.69) is 31.2 Å². The van der Waals surface area contributed by atoms with Crippen molar-refractivity contribution in [3.8, 4) is 0 Å². The van der Waals surface area contributed by atoms with Gasteiger partial charge in [-0.05, 0) is 38.5 Å². The standard InChI is InChI=1S/C32H60NO8P/c1-6-8-9-10-11-12-13-14-15-16-17-18-19-20-21-22-23-24-25-32(35)41-30(28-38-31(34)7-2)29-40-42(36,37)39-27-26-33(3,4)5/h12-13,15-16,30H,6-11,14,17-29H2,1-5H3/b13-12-,16-15-. The summed E-state index contributed by atoms with van der Waals surface area (Å²) in [7, 11) is 1.15. The van der Waals surface area contributed by atoms with Crippen LogP contribution in [-0.4, -0.2) is 70.0 Å². The third kappa shape index (κ3) is 28.6. The molecule has 0 amide bonds. The molecule has 0 aliphatic carbocycles. The Morgan fingerprint density at radius 2 is 1.33 bits per heavy atom. The van der Waals surface area contributed by atoms with Gasteiger partial charge in [-0.1, -0.05) is 89.5 Å². The molecule has 42 heavy (non-hydrogen) atoms. The highest BCUT2D eigenvalue weighted by molar-refractivity contribution is 7.45. The lowest BCUT2D eigenvalue weighted by atomic mass is 10.1. The lowest BCUT2D eigenvalue weighted by Crippen LogP contribution is -2.37. The van der Waals surface area contributed by atoms with Crippen LogP contribution in [0.2, 0.25) is 0 Å². The first-order valence-corrected chi connectivity index (χ1v) is 17.5. The average Bonchev–Trinajstić information content (AvgIpc) is 2.92. The smallest absolute Gasteiger partial charge is 0.306 e. The van der Waals surface area contributed by atoms with Crippen molar-refractivity contribution in [3.05, 3.63) is 24.3 Å². The molecule has 2 atom stereocenters. The highest BCUT2D eigenvalue weighted by Crippen LogP contribution is 2.38. The van der Waals surface area contributed by atoms with Crippen molar-refractivity contribution in [3.63, 3.8) is 0 Å². The van der Waals surface area contributed by atoms with Crippen LogP contribution in [0.25, 0.3) is 0 Å². The molecule has 0 aliphatic rings. The van der Waals surface area contributed by atoms with Crippen LogP contribution in [0.1, 0.15) is 117 Å². The number of rotatable bonds is 28. The molecule has 10 heteroatoms. The van der Waals surface area contributed by atoms with Crippen LogP contribution >= 0.6 is 7.82 Å². The molecule has 0 radical (unpaired) electrons. The molecule has 0 aromatic heterocycles. The van der Waals surface area contributed by atoms with Crippen molar-refractivity contribution in [2.24, 2.45) is 0 Å². The summed E-state index contributed by atoms with van der Waals surface area (Å²) >= 11 is 0. The number of phosphoric acid groups is 1. The van der Waals surface area contributed by atoms with Gasteiger partial charge in [-0.3, -0.25) is 14.2 Å². The van der Waals surface area contributed by atoms with Crippen molar-refractivity contribution >= 4 is 19.8 Å². The van der Waals surface area contributed by atoms with E-state index in [0.29, 0.717) is 17.4 Å². The van der Waals surface area contributed by atoms with Gasteiger partial charge >= 0.3 is 11.9 Å². The minimum Gasteiger partial charge on any atom is -0.756 e. The number of likely N-dealkylation sites (N-methyl/N-ethyl adjacent to an activating group) is 1. The number of nitrogens with zero attached hydrogens (tertiary/aromatic N) is 1. The van der Waals surface area contributed by atoms with Gasteiger partial charge in [0.1, 0.15) is 19.8 Å². The Balaban J connectivity index is 4.07. The first-order valence-electron chi connectivity index (χ1n) is 16.0. The first kappa shape index (κ1) is 40.5. The quantitative estimate of drug-likeness (QED) is 0.0302. The second-order valence-corrected chi connectivity index (χ2v) is 13.2. The monoisotopic (exact) mass is 617 g/mol. The van der Waals surface area contributed by atoms with Gasteiger partial charge < -0.3 is 27.9 Å². The average molecular weight is 618 g/mol. The van der Waals surface area contributed by atoms with Crippen LogP contribution in [0, 0.1) is 0 Å². The van der Waals surface area contributed by atoms with Crippen LogP contribution in [0.4, 0.5) is 0 Å². The predicted molar refractivity (Wildman–Crippen MR) is 167 cm³/mol. The van der Waals surface area contributed by atoms with Crippen LogP contribution in [0.5, 0.6) is 0 Å². The second kappa shape index (κ2) is 25.9. The maximum absolute atomic E-state index is 12.3. The zero-order valence-electron chi connectivity index (χ0n) is 27.2.